The Morgan fingerprint density at radius 2 is 1.65 bits per heavy atom. The minimum absolute atomic E-state index is 0.0661. The fraction of sp³-hybridized carbons (Fsp3) is 0.556. The van der Waals surface area contributed by atoms with Crippen LogP contribution in [0.2, 0.25) is 0 Å². The second kappa shape index (κ2) is 6.57. The van der Waals surface area contributed by atoms with Crippen molar-refractivity contribution in [2.75, 3.05) is 5.32 Å². The van der Waals surface area contributed by atoms with E-state index in [9.17, 15) is 4.79 Å². The Hall–Kier alpha value is -1.46. The summed E-state index contributed by atoms with van der Waals surface area (Å²) < 4.78 is 0. The molecule has 0 radical (unpaired) electrons. The number of thiocarbonyl (C=S) groups is 1. The Balaban J connectivity index is 1.95. The van der Waals surface area contributed by atoms with E-state index in [4.69, 9.17) is 12.2 Å². The van der Waals surface area contributed by atoms with Crippen LogP contribution >= 0.6 is 12.2 Å². The Bertz CT molecular complexity index is 577. The van der Waals surface area contributed by atoms with Crippen LogP contribution in [0.25, 0.3) is 0 Å². The first-order valence-electron chi connectivity index (χ1n) is 8.04. The molecular weight excluding hydrogens is 306 g/mol. The Kier molecular flexibility index (Phi) is 5.11. The van der Waals surface area contributed by atoms with Gasteiger partial charge in [0.1, 0.15) is 0 Å². The summed E-state index contributed by atoms with van der Waals surface area (Å²) in [6.07, 6.45) is 2.03. The Morgan fingerprint density at radius 3 is 2.13 bits per heavy atom. The minimum atomic E-state index is 0.0661. The molecule has 1 fully saturated rings. The third kappa shape index (κ3) is 5.29. The number of benzene rings is 1. The van der Waals surface area contributed by atoms with Gasteiger partial charge in [-0.05, 0) is 83.9 Å². The van der Waals surface area contributed by atoms with Crippen molar-refractivity contribution >= 4 is 28.8 Å². The number of piperidine rings is 1. The highest BCUT2D eigenvalue weighted by Crippen LogP contribution is 2.28. The van der Waals surface area contributed by atoms with E-state index in [1.807, 2.05) is 24.3 Å². The molecule has 4 nitrogen and oxygen atoms in total. The average Bonchev–Trinajstić information content (AvgIpc) is 2.34. The Labute approximate surface area is 144 Å². The van der Waals surface area contributed by atoms with Gasteiger partial charge in [-0.15, -0.1) is 0 Å². The van der Waals surface area contributed by atoms with Crippen LogP contribution in [0.4, 0.5) is 5.69 Å². The first kappa shape index (κ1) is 17.9. The number of hydrogen-bond donors (Lipinski definition) is 3. The van der Waals surface area contributed by atoms with Crippen molar-refractivity contribution in [3.63, 3.8) is 0 Å². The summed E-state index contributed by atoms with van der Waals surface area (Å²) in [4.78, 5) is 11.3. The van der Waals surface area contributed by atoms with Crippen LogP contribution < -0.4 is 16.0 Å². The van der Waals surface area contributed by atoms with Gasteiger partial charge in [0.25, 0.3) is 0 Å². The zero-order valence-corrected chi connectivity index (χ0v) is 15.4. The molecule has 1 aromatic carbocycles. The van der Waals surface area contributed by atoms with Gasteiger partial charge in [-0.3, -0.25) is 4.79 Å². The maximum absolute atomic E-state index is 11.3. The second-order valence-corrected chi connectivity index (χ2v) is 8.14. The van der Waals surface area contributed by atoms with Crippen molar-refractivity contribution in [3.8, 4) is 0 Å². The predicted octanol–water partition coefficient (Wildman–Crippen LogP) is 3.48. The van der Waals surface area contributed by atoms with Crippen LogP contribution in [-0.4, -0.2) is 28.0 Å². The van der Waals surface area contributed by atoms with Crippen LogP contribution in [0, 0.1) is 0 Å². The minimum Gasteiger partial charge on any atom is -0.360 e. The van der Waals surface area contributed by atoms with Gasteiger partial charge in [-0.25, -0.2) is 0 Å². The SMILES string of the molecule is CC(=O)c1ccc(NC(=S)NC2CC(C)(C)NC(C)(C)C2)cc1. The van der Waals surface area contributed by atoms with Crippen molar-refractivity contribution in [3.05, 3.63) is 29.8 Å². The molecule has 126 valence electrons. The Morgan fingerprint density at radius 1 is 1.13 bits per heavy atom. The number of rotatable bonds is 3. The molecule has 3 N–H and O–H groups in total. The molecule has 5 heteroatoms. The van der Waals surface area contributed by atoms with Crippen molar-refractivity contribution < 1.29 is 4.79 Å². The molecule has 1 saturated heterocycles. The standard InChI is InChI=1S/C18H27N3OS/c1-12(22)13-6-8-14(9-7-13)19-16(23)20-15-10-17(2,3)21-18(4,5)11-15/h6-9,15,21H,10-11H2,1-5H3,(H2,19,20,23). The highest BCUT2D eigenvalue weighted by Gasteiger charge is 2.37. The summed E-state index contributed by atoms with van der Waals surface area (Å²) in [5, 5.41) is 10.9. The molecule has 1 aliphatic heterocycles. The van der Waals surface area contributed by atoms with E-state index in [1.165, 1.54) is 0 Å². The van der Waals surface area contributed by atoms with Crippen LogP contribution in [-0.2, 0) is 0 Å². The normalized spacial score (nSPS) is 19.9. The van der Waals surface area contributed by atoms with Gasteiger partial charge in [0, 0.05) is 28.4 Å². The fourth-order valence-corrected chi connectivity index (χ4v) is 3.85. The average molecular weight is 334 g/mol. The maximum Gasteiger partial charge on any atom is 0.170 e. The summed E-state index contributed by atoms with van der Waals surface area (Å²) in [5.74, 6) is 0.0661. The van der Waals surface area contributed by atoms with Gasteiger partial charge in [0.05, 0.1) is 0 Å². The lowest BCUT2D eigenvalue weighted by molar-refractivity contribution is 0.101. The molecule has 2 rings (SSSR count). The molecule has 0 aromatic heterocycles. The van der Waals surface area contributed by atoms with Crippen molar-refractivity contribution in [1.82, 2.24) is 10.6 Å². The molecule has 0 saturated carbocycles. The van der Waals surface area contributed by atoms with E-state index >= 15 is 0 Å². The second-order valence-electron chi connectivity index (χ2n) is 7.73. The van der Waals surface area contributed by atoms with Gasteiger partial charge in [0.2, 0.25) is 0 Å². The fourth-order valence-electron chi connectivity index (χ4n) is 3.57. The van der Waals surface area contributed by atoms with Gasteiger partial charge in [0.15, 0.2) is 10.9 Å². The van der Waals surface area contributed by atoms with Gasteiger partial charge < -0.3 is 16.0 Å². The highest BCUT2D eigenvalue weighted by molar-refractivity contribution is 7.80. The largest absolute Gasteiger partial charge is 0.360 e. The zero-order valence-electron chi connectivity index (χ0n) is 14.6. The molecule has 23 heavy (non-hydrogen) atoms. The van der Waals surface area contributed by atoms with Crippen molar-refractivity contribution in [1.29, 1.82) is 0 Å². The summed E-state index contributed by atoms with van der Waals surface area (Å²) in [6, 6.07) is 7.70. The number of Topliss-reactive ketones (excluding diaryl/α,β-unsaturated/α-hetero) is 1. The van der Waals surface area contributed by atoms with E-state index in [0.717, 1.165) is 18.5 Å². The van der Waals surface area contributed by atoms with Crippen LogP contribution in [0.1, 0.15) is 57.8 Å². The number of carbonyl (C=O) groups excluding carboxylic acids is 1. The summed E-state index contributed by atoms with van der Waals surface area (Å²) in [5.41, 5.74) is 1.76. The molecule has 0 atom stereocenters. The number of carbonyl (C=O) groups is 1. The third-order valence-corrected chi connectivity index (χ3v) is 4.29. The predicted molar refractivity (Wildman–Crippen MR) is 100 cm³/mol. The molecule has 0 unspecified atom stereocenters. The first-order chi connectivity index (χ1) is 10.6. The van der Waals surface area contributed by atoms with E-state index < -0.39 is 0 Å². The quantitative estimate of drug-likeness (QED) is 0.584. The lowest BCUT2D eigenvalue weighted by Crippen LogP contribution is -2.62. The van der Waals surface area contributed by atoms with Gasteiger partial charge in [-0.1, -0.05) is 0 Å². The topological polar surface area (TPSA) is 53.2 Å². The molecule has 0 bridgehead atoms. The van der Waals surface area contributed by atoms with Crippen LogP contribution in [0.15, 0.2) is 24.3 Å². The van der Waals surface area contributed by atoms with Crippen molar-refractivity contribution in [2.24, 2.45) is 0 Å². The highest BCUT2D eigenvalue weighted by atomic mass is 32.1. The molecule has 0 amide bonds. The molecular formula is C18H27N3OS. The maximum atomic E-state index is 11.3. The number of nitrogens with one attached hydrogen (secondary N) is 3. The molecule has 1 aromatic rings. The lowest BCUT2D eigenvalue weighted by Gasteiger charge is -2.46. The van der Waals surface area contributed by atoms with E-state index in [2.05, 4.69) is 43.6 Å². The van der Waals surface area contributed by atoms with Crippen LogP contribution in [0.5, 0.6) is 0 Å². The van der Waals surface area contributed by atoms with E-state index in [1.54, 1.807) is 6.92 Å². The molecule has 1 aliphatic rings. The molecule has 1 heterocycles. The number of ketones is 1. The summed E-state index contributed by atoms with van der Waals surface area (Å²) in [6.45, 7) is 10.5. The first-order valence-corrected chi connectivity index (χ1v) is 8.45. The molecule has 0 spiro atoms. The van der Waals surface area contributed by atoms with Gasteiger partial charge in [-0.2, -0.15) is 0 Å². The lowest BCUT2D eigenvalue weighted by atomic mass is 9.80. The smallest absolute Gasteiger partial charge is 0.170 e. The molecule has 0 aliphatic carbocycles. The van der Waals surface area contributed by atoms with Crippen LogP contribution in [0.3, 0.4) is 0 Å². The third-order valence-electron chi connectivity index (χ3n) is 4.07. The monoisotopic (exact) mass is 333 g/mol. The zero-order chi connectivity index (χ0) is 17.3. The summed E-state index contributed by atoms with van der Waals surface area (Å²) in [7, 11) is 0. The van der Waals surface area contributed by atoms with Gasteiger partial charge >= 0.3 is 0 Å². The summed E-state index contributed by atoms with van der Waals surface area (Å²) >= 11 is 5.44. The number of hydrogen-bond acceptors (Lipinski definition) is 3. The van der Waals surface area contributed by atoms with Crippen molar-refractivity contribution in [2.45, 2.75) is 64.6 Å². The number of anilines is 1. The van der Waals surface area contributed by atoms with E-state index in [0.29, 0.717) is 16.7 Å². The van der Waals surface area contributed by atoms with E-state index in [-0.39, 0.29) is 16.9 Å².